The van der Waals surface area contributed by atoms with E-state index >= 15 is 0 Å². The summed E-state index contributed by atoms with van der Waals surface area (Å²) in [5.74, 6) is 1.39. The van der Waals surface area contributed by atoms with E-state index in [-0.39, 0.29) is 12.4 Å². The molecular weight excluding hydrogens is 308 g/mol. The Balaban J connectivity index is 2.04. The lowest BCUT2D eigenvalue weighted by molar-refractivity contribution is -0.179. The van der Waals surface area contributed by atoms with Crippen LogP contribution in [0.25, 0.3) is 0 Å². The standard InChI is InChI=1S/C14H28N2O5S/c15-4-6-16-5-1-2-10(17)3-7-22-9-12-14(20)13(19)11(18)8-21-12/h11-14,16,18-20H,1-9,15H2/t11?,12?,13-,14-/m1/s1. The first-order valence-electron chi connectivity index (χ1n) is 7.72. The van der Waals surface area contributed by atoms with E-state index in [2.05, 4.69) is 5.32 Å². The summed E-state index contributed by atoms with van der Waals surface area (Å²) in [5, 5.41) is 31.8. The third-order valence-electron chi connectivity index (χ3n) is 3.54. The highest BCUT2D eigenvalue weighted by Crippen LogP contribution is 2.19. The molecule has 0 amide bonds. The van der Waals surface area contributed by atoms with Crippen LogP contribution in [0.1, 0.15) is 19.3 Å². The first-order valence-corrected chi connectivity index (χ1v) is 8.87. The summed E-state index contributed by atoms with van der Waals surface area (Å²) < 4.78 is 5.30. The molecule has 0 bridgehead atoms. The Morgan fingerprint density at radius 2 is 2.00 bits per heavy atom. The predicted octanol–water partition coefficient (Wildman–Crippen LogP) is -1.51. The molecule has 1 rings (SSSR count). The fourth-order valence-corrected chi connectivity index (χ4v) is 3.23. The van der Waals surface area contributed by atoms with Gasteiger partial charge in [-0.2, -0.15) is 11.8 Å². The number of nitrogens with two attached hydrogens (primary N) is 1. The number of carbonyl (C=O) groups excluding carboxylic acids is 1. The van der Waals surface area contributed by atoms with Crippen molar-refractivity contribution in [2.24, 2.45) is 5.73 Å². The molecule has 130 valence electrons. The number of Topliss-reactive ketones (excluding diaryl/α,β-unsaturated/α-hetero) is 1. The van der Waals surface area contributed by atoms with Crippen LogP contribution in [0.15, 0.2) is 0 Å². The summed E-state index contributed by atoms with van der Waals surface area (Å²) in [6.45, 7) is 2.20. The number of aliphatic hydroxyl groups excluding tert-OH is 3. The Hall–Kier alpha value is -0.220. The zero-order chi connectivity index (χ0) is 16.4. The lowest BCUT2D eigenvalue weighted by atomic mass is 10.0. The Morgan fingerprint density at radius 1 is 1.23 bits per heavy atom. The van der Waals surface area contributed by atoms with Crippen LogP contribution in [0.3, 0.4) is 0 Å². The summed E-state index contributed by atoms with van der Waals surface area (Å²) in [5.41, 5.74) is 5.35. The van der Waals surface area contributed by atoms with Crippen molar-refractivity contribution in [2.75, 3.05) is 37.7 Å². The maximum atomic E-state index is 11.7. The van der Waals surface area contributed by atoms with E-state index in [1.165, 1.54) is 11.8 Å². The van der Waals surface area contributed by atoms with Crippen molar-refractivity contribution < 1.29 is 24.9 Å². The van der Waals surface area contributed by atoms with Gasteiger partial charge in [0, 0.05) is 37.4 Å². The number of thioether (sulfide) groups is 1. The van der Waals surface area contributed by atoms with Crippen molar-refractivity contribution in [3.8, 4) is 0 Å². The number of aliphatic hydroxyl groups is 3. The average Bonchev–Trinajstić information content (AvgIpc) is 2.51. The van der Waals surface area contributed by atoms with E-state index in [1.807, 2.05) is 0 Å². The predicted molar refractivity (Wildman–Crippen MR) is 85.9 cm³/mol. The fraction of sp³-hybridized carbons (Fsp3) is 0.929. The van der Waals surface area contributed by atoms with E-state index < -0.39 is 24.4 Å². The van der Waals surface area contributed by atoms with Gasteiger partial charge in [0.25, 0.3) is 0 Å². The van der Waals surface area contributed by atoms with E-state index in [1.54, 1.807) is 0 Å². The Morgan fingerprint density at radius 3 is 2.73 bits per heavy atom. The molecule has 1 aliphatic rings. The van der Waals surface area contributed by atoms with Crippen LogP contribution in [0.4, 0.5) is 0 Å². The zero-order valence-corrected chi connectivity index (χ0v) is 13.6. The van der Waals surface area contributed by atoms with Gasteiger partial charge in [-0.25, -0.2) is 0 Å². The minimum Gasteiger partial charge on any atom is -0.388 e. The molecule has 0 aliphatic carbocycles. The van der Waals surface area contributed by atoms with Crippen LogP contribution < -0.4 is 11.1 Å². The maximum Gasteiger partial charge on any atom is 0.133 e. The highest BCUT2D eigenvalue weighted by Gasteiger charge is 2.37. The van der Waals surface area contributed by atoms with E-state index in [0.29, 0.717) is 30.9 Å². The normalized spacial score (nSPS) is 28.7. The molecule has 4 atom stereocenters. The van der Waals surface area contributed by atoms with Crippen LogP contribution in [0.5, 0.6) is 0 Å². The average molecular weight is 336 g/mol. The van der Waals surface area contributed by atoms with Crippen molar-refractivity contribution in [3.63, 3.8) is 0 Å². The molecule has 7 nitrogen and oxygen atoms in total. The SMILES string of the molecule is NCCNCCCC(=O)CCSCC1OCC(O)[C@@H](O)[C@@H]1O. The largest absolute Gasteiger partial charge is 0.388 e. The van der Waals surface area contributed by atoms with Gasteiger partial charge in [0.05, 0.1) is 12.7 Å². The van der Waals surface area contributed by atoms with Crippen LogP contribution in [0.2, 0.25) is 0 Å². The number of hydrogen-bond acceptors (Lipinski definition) is 8. The second-order valence-corrected chi connectivity index (χ2v) is 6.58. The van der Waals surface area contributed by atoms with Crippen LogP contribution in [-0.2, 0) is 9.53 Å². The Labute approximate surface area is 135 Å². The third kappa shape index (κ3) is 7.36. The van der Waals surface area contributed by atoms with Gasteiger partial charge in [0.15, 0.2) is 0 Å². The van der Waals surface area contributed by atoms with E-state index in [0.717, 1.165) is 19.5 Å². The molecule has 1 saturated heterocycles. The molecule has 0 aromatic heterocycles. The smallest absolute Gasteiger partial charge is 0.133 e. The van der Waals surface area contributed by atoms with Gasteiger partial charge in [-0.1, -0.05) is 0 Å². The van der Waals surface area contributed by atoms with Crippen molar-refractivity contribution >= 4 is 17.5 Å². The Bertz CT molecular complexity index is 322. The molecule has 1 aliphatic heterocycles. The van der Waals surface area contributed by atoms with Gasteiger partial charge in [-0.15, -0.1) is 0 Å². The molecule has 0 spiro atoms. The minimum absolute atomic E-state index is 0.0260. The summed E-state index contributed by atoms with van der Waals surface area (Å²) in [6, 6.07) is 0. The quantitative estimate of drug-likeness (QED) is 0.288. The lowest BCUT2D eigenvalue weighted by Crippen LogP contribution is -2.53. The first kappa shape index (κ1) is 19.8. The molecule has 2 unspecified atom stereocenters. The zero-order valence-electron chi connectivity index (χ0n) is 12.8. The molecule has 1 heterocycles. The number of hydrogen-bond donors (Lipinski definition) is 5. The fourth-order valence-electron chi connectivity index (χ4n) is 2.16. The van der Waals surface area contributed by atoms with Gasteiger partial charge in [-0.05, 0) is 13.0 Å². The third-order valence-corrected chi connectivity index (χ3v) is 4.60. The summed E-state index contributed by atoms with van der Waals surface area (Å²) in [7, 11) is 0. The van der Waals surface area contributed by atoms with Crippen LogP contribution in [0, 0.1) is 0 Å². The molecular formula is C14H28N2O5S. The van der Waals surface area contributed by atoms with Crippen molar-refractivity contribution in [1.82, 2.24) is 5.32 Å². The highest BCUT2D eigenvalue weighted by atomic mass is 32.2. The van der Waals surface area contributed by atoms with Gasteiger partial charge >= 0.3 is 0 Å². The first-order chi connectivity index (χ1) is 10.6. The maximum absolute atomic E-state index is 11.7. The minimum atomic E-state index is -1.16. The Kier molecular flexibility index (Phi) is 10.2. The second-order valence-electron chi connectivity index (χ2n) is 5.43. The summed E-state index contributed by atoms with van der Waals surface area (Å²) in [6.07, 6.45) is -1.91. The molecule has 0 aromatic rings. The summed E-state index contributed by atoms with van der Waals surface area (Å²) in [4.78, 5) is 11.7. The highest BCUT2D eigenvalue weighted by molar-refractivity contribution is 7.99. The molecule has 6 N–H and O–H groups in total. The van der Waals surface area contributed by atoms with Gasteiger partial charge in [0.1, 0.15) is 24.1 Å². The molecule has 0 radical (unpaired) electrons. The van der Waals surface area contributed by atoms with Crippen molar-refractivity contribution in [3.05, 3.63) is 0 Å². The molecule has 0 aromatic carbocycles. The number of ether oxygens (including phenoxy) is 1. The van der Waals surface area contributed by atoms with Crippen molar-refractivity contribution in [2.45, 2.75) is 43.7 Å². The lowest BCUT2D eigenvalue weighted by Gasteiger charge is -2.35. The number of carbonyl (C=O) groups is 1. The van der Waals surface area contributed by atoms with Crippen LogP contribution in [-0.4, -0.2) is 83.3 Å². The topological polar surface area (TPSA) is 125 Å². The van der Waals surface area contributed by atoms with Gasteiger partial charge < -0.3 is 31.1 Å². The second kappa shape index (κ2) is 11.3. The number of nitrogens with one attached hydrogen (secondary N) is 1. The van der Waals surface area contributed by atoms with E-state index in [4.69, 9.17) is 10.5 Å². The summed E-state index contributed by atoms with van der Waals surface area (Å²) >= 11 is 1.51. The number of rotatable bonds is 11. The molecule has 1 fully saturated rings. The molecule has 22 heavy (non-hydrogen) atoms. The van der Waals surface area contributed by atoms with Gasteiger partial charge in [-0.3, -0.25) is 4.79 Å². The van der Waals surface area contributed by atoms with Crippen molar-refractivity contribution in [1.29, 1.82) is 0 Å². The number of ketones is 1. The van der Waals surface area contributed by atoms with Gasteiger partial charge in [0.2, 0.25) is 0 Å². The van der Waals surface area contributed by atoms with E-state index in [9.17, 15) is 20.1 Å². The molecule has 8 heteroatoms. The molecule has 0 saturated carbocycles. The van der Waals surface area contributed by atoms with Crippen LogP contribution >= 0.6 is 11.8 Å². The monoisotopic (exact) mass is 336 g/mol.